The van der Waals surface area contributed by atoms with Gasteiger partial charge in [0.1, 0.15) is 0 Å². The highest BCUT2D eigenvalue weighted by Crippen LogP contribution is 2.34. The lowest BCUT2D eigenvalue weighted by atomic mass is 9.83. The van der Waals surface area contributed by atoms with Crippen molar-refractivity contribution in [1.29, 1.82) is 0 Å². The molecule has 2 unspecified atom stereocenters. The third-order valence-corrected chi connectivity index (χ3v) is 12.5. The van der Waals surface area contributed by atoms with E-state index in [9.17, 15) is 0 Å². The Morgan fingerprint density at radius 2 is 1.12 bits per heavy atom. The Morgan fingerprint density at radius 3 is 1.61 bits per heavy atom. The highest BCUT2D eigenvalue weighted by molar-refractivity contribution is 5.63. The summed E-state index contributed by atoms with van der Waals surface area (Å²) < 4.78 is 0. The van der Waals surface area contributed by atoms with Gasteiger partial charge in [-0.1, -0.05) is 329 Å². The fourth-order valence-corrected chi connectivity index (χ4v) is 7.42. The molecule has 3 atom stereocenters. The van der Waals surface area contributed by atoms with E-state index in [2.05, 4.69) is 309 Å². The summed E-state index contributed by atoms with van der Waals surface area (Å²) >= 11 is 0. The average Bonchev–Trinajstić information content (AvgIpc) is 3.87. The van der Waals surface area contributed by atoms with Crippen LogP contribution < -0.4 is 0 Å². The zero-order chi connectivity index (χ0) is 63.4. The minimum atomic E-state index is 0. The van der Waals surface area contributed by atoms with Gasteiger partial charge in [0.15, 0.2) is 0 Å². The molecule has 0 fully saturated rings. The second kappa shape index (κ2) is 63.9. The van der Waals surface area contributed by atoms with Crippen molar-refractivity contribution >= 4 is 0 Å². The van der Waals surface area contributed by atoms with Gasteiger partial charge in [0, 0.05) is 12.0 Å². The van der Waals surface area contributed by atoms with Crippen molar-refractivity contribution < 1.29 is 0 Å². The third kappa shape index (κ3) is 44.0. The van der Waals surface area contributed by atoms with Crippen molar-refractivity contribution in [3.63, 3.8) is 0 Å². The lowest BCUT2D eigenvalue weighted by molar-refractivity contribution is 0.540. The summed E-state index contributed by atoms with van der Waals surface area (Å²) in [6.45, 7) is 48.2. The maximum absolute atomic E-state index is 4.00. The molecule has 4 aromatic rings. The van der Waals surface area contributed by atoms with Crippen LogP contribution in [0.4, 0.5) is 0 Å². The molecule has 0 aromatic heterocycles. The molecule has 0 N–H and O–H groups in total. The van der Waals surface area contributed by atoms with Gasteiger partial charge in [0.2, 0.25) is 0 Å². The first-order valence-electron chi connectivity index (χ1n) is 30.5. The van der Waals surface area contributed by atoms with E-state index >= 15 is 0 Å². The maximum atomic E-state index is 4.00. The van der Waals surface area contributed by atoms with Crippen LogP contribution in [0.2, 0.25) is 0 Å². The smallest absolute Gasteiger partial charge is 0.0276 e. The van der Waals surface area contributed by atoms with E-state index in [1.165, 1.54) is 80.5 Å². The first-order valence-corrected chi connectivity index (χ1v) is 30.5. The van der Waals surface area contributed by atoms with Gasteiger partial charge in [-0.2, -0.15) is 0 Å². The Balaban J connectivity index is -0.000000265. The van der Waals surface area contributed by atoms with E-state index in [4.69, 9.17) is 0 Å². The molecular weight excluding hydrogens is 997 g/mol. The molecule has 0 heterocycles. The van der Waals surface area contributed by atoms with E-state index in [1.807, 2.05) is 66.7 Å². The van der Waals surface area contributed by atoms with Crippen LogP contribution >= 0.6 is 0 Å². The van der Waals surface area contributed by atoms with Crippen molar-refractivity contribution in [2.45, 2.75) is 195 Å². The van der Waals surface area contributed by atoms with Crippen molar-refractivity contribution in [1.82, 2.24) is 0 Å². The van der Waals surface area contributed by atoms with Gasteiger partial charge >= 0.3 is 0 Å². The molecule has 0 aliphatic heterocycles. The van der Waals surface area contributed by atoms with Crippen LogP contribution in [0.25, 0.3) is 11.1 Å². The number of rotatable bonds is 20. The molecule has 1 aliphatic carbocycles. The molecule has 0 amide bonds. The van der Waals surface area contributed by atoms with Gasteiger partial charge in [-0.3, -0.25) is 0 Å². The molecule has 5 rings (SSSR count). The molecule has 0 heteroatoms. The Bertz CT molecular complexity index is 2490. The van der Waals surface area contributed by atoms with E-state index in [0.717, 1.165) is 32.1 Å². The number of benzene rings is 4. The van der Waals surface area contributed by atoms with Crippen LogP contribution in [0.5, 0.6) is 0 Å². The van der Waals surface area contributed by atoms with Crippen LogP contribution in [-0.2, 0) is 12.8 Å². The van der Waals surface area contributed by atoms with Gasteiger partial charge < -0.3 is 0 Å². The largest absolute Gasteiger partial charge is 0.124 e. The van der Waals surface area contributed by atoms with Gasteiger partial charge in [0.05, 0.1) is 0 Å². The monoisotopic (exact) mass is 1120 g/mol. The highest BCUT2D eigenvalue weighted by Gasteiger charge is 2.16. The fourth-order valence-electron chi connectivity index (χ4n) is 7.42. The van der Waals surface area contributed by atoms with Gasteiger partial charge in [-0.15, -0.1) is 38.9 Å². The highest BCUT2D eigenvalue weighted by atomic mass is 14.2. The van der Waals surface area contributed by atoms with Crippen molar-refractivity contribution in [3.8, 4) is 48.7 Å². The molecular formula is C83H120. The number of hydrogen-bond donors (Lipinski definition) is 0. The fraction of sp³-hybridized carbons (Fsp3) is 0.373. The normalized spacial score (nSPS) is 12.3. The second-order valence-corrected chi connectivity index (χ2v) is 18.9. The Kier molecular flexibility index (Phi) is 66.9. The zero-order valence-corrected chi connectivity index (χ0v) is 55.4. The molecule has 83 heavy (non-hydrogen) atoms. The standard InChI is InChI=1S/C36H40.C18H28.C13H14.C3H8.3C2H6.C2H4.2C2H2.CH4/c1-28(18-19-31-13-6-4-7-14-31)12-10-11-15-32-20-22-33(23-21-32)29(2)30(3)34-24-26-36(27-25-34)35-16-8-5-9-17-35;1-8-10-12-18(17(7)14(3)4)13-16(6)15(5)11-9-2;1-2-3-4-7-10-13-11-8-5-6-9-12-13;1-3-2;6*1-2;/h4-11,13-14,16-17,20-30H,12,15,18-19H2,1-3H3;9-14H,2,8H2,1,3-7H3;2-5,7-8,11H,6,10H2,1H3;3H2,1-2H3;3*1-2H3;1-2H2;2*1-2H;1H4/b11-10-;12-10-,15-11+,16-13+,18-17+;3-2-,7-4-;;;;;;;;/t28-,29?,30?;;;;;;;;;;/m0........../s1. The van der Waals surface area contributed by atoms with E-state index in [0.29, 0.717) is 23.7 Å². The second-order valence-electron chi connectivity index (χ2n) is 18.9. The van der Waals surface area contributed by atoms with E-state index in [-0.39, 0.29) is 7.43 Å². The molecule has 0 saturated heterocycles. The molecule has 0 spiro atoms. The molecule has 0 nitrogen and oxygen atoms in total. The molecule has 4 aromatic carbocycles. The first kappa shape index (κ1) is 87.0. The quantitative estimate of drug-likeness (QED) is 0.0470. The minimum absolute atomic E-state index is 0. The lowest BCUT2D eigenvalue weighted by Gasteiger charge is -2.21. The lowest BCUT2D eigenvalue weighted by Crippen LogP contribution is -2.05. The maximum Gasteiger partial charge on any atom is 0.0276 e. The Hall–Kier alpha value is -7.30. The number of aryl methyl sites for hydroxylation is 1. The van der Waals surface area contributed by atoms with Crippen LogP contribution in [0, 0.1) is 49.4 Å². The van der Waals surface area contributed by atoms with Crippen LogP contribution in [0.1, 0.15) is 205 Å². The topological polar surface area (TPSA) is 0 Å². The van der Waals surface area contributed by atoms with Crippen molar-refractivity contribution in [2.24, 2.45) is 11.8 Å². The summed E-state index contributed by atoms with van der Waals surface area (Å²) in [6, 6.07) is 39.8. The zero-order valence-electron chi connectivity index (χ0n) is 55.4. The number of allylic oxidation sites excluding steroid dienone is 19. The molecule has 0 saturated carbocycles. The molecule has 0 radical (unpaired) electrons. The van der Waals surface area contributed by atoms with Crippen molar-refractivity contribution in [3.05, 3.63) is 264 Å². The van der Waals surface area contributed by atoms with Crippen LogP contribution in [-0.4, -0.2) is 0 Å². The molecule has 0 bridgehead atoms. The minimum Gasteiger partial charge on any atom is -0.124 e. The Labute approximate surface area is 517 Å². The van der Waals surface area contributed by atoms with E-state index in [1.54, 1.807) is 0 Å². The Morgan fingerprint density at radius 1 is 0.614 bits per heavy atom. The van der Waals surface area contributed by atoms with Gasteiger partial charge in [0.25, 0.3) is 0 Å². The van der Waals surface area contributed by atoms with Gasteiger partial charge in [-0.25, -0.2) is 0 Å². The number of hydrogen-bond acceptors (Lipinski definition) is 0. The predicted octanol–water partition coefficient (Wildman–Crippen LogP) is 25.9. The predicted molar refractivity (Wildman–Crippen MR) is 387 cm³/mol. The molecule has 452 valence electrons. The summed E-state index contributed by atoms with van der Waals surface area (Å²) in [7, 11) is 0. The summed E-state index contributed by atoms with van der Waals surface area (Å²) in [5, 5.41) is 0. The SMILES string of the molecule is C.C#C.C#C.C/C=C\C=C/CC1=CC=CCC#C1.C=C.C=C/C=C(C)/C(C)=C/C(/C=C\CC)=C(\C)C(C)C.CC.CC.CC.CC(c1ccc(C/C=C\C[C@H](C)CCc2ccccc2)cc1)C(C)c1ccc(-c2ccccc2)cc1.CCC. The number of terminal acetylenes is 2. The summed E-state index contributed by atoms with van der Waals surface area (Å²) in [5.74, 6) is 8.45. The molecule has 1 aliphatic rings. The third-order valence-electron chi connectivity index (χ3n) is 12.5. The summed E-state index contributed by atoms with van der Waals surface area (Å²) in [4.78, 5) is 0. The van der Waals surface area contributed by atoms with Crippen LogP contribution in [0.15, 0.2) is 242 Å². The summed E-state index contributed by atoms with van der Waals surface area (Å²) in [5.41, 5.74) is 14.7. The van der Waals surface area contributed by atoms with E-state index < -0.39 is 0 Å². The van der Waals surface area contributed by atoms with Crippen molar-refractivity contribution in [2.75, 3.05) is 0 Å². The average molecular weight is 1120 g/mol. The summed E-state index contributed by atoms with van der Waals surface area (Å²) in [6.07, 6.45) is 54.5. The van der Waals surface area contributed by atoms with Crippen LogP contribution in [0.3, 0.4) is 0 Å². The van der Waals surface area contributed by atoms with Gasteiger partial charge in [-0.05, 0) is 140 Å². The first-order chi connectivity index (χ1) is 39.9.